The summed E-state index contributed by atoms with van der Waals surface area (Å²) in [5.41, 5.74) is 3.85. The second-order valence-electron chi connectivity index (χ2n) is 4.88. The fraction of sp³-hybridized carbons (Fsp3) is 0.583. The molecular formula is C12H18ClN3O. The topological polar surface area (TPSA) is 35.6 Å². The number of allylic oxidation sites excluding steroid dienone is 2. The summed E-state index contributed by atoms with van der Waals surface area (Å²) >= 11 is 6.49. The van der Waals surface area contributed by atoms with Crippen molar-refractivity contribution in [3.05, 3.63) is 23.9 Å². The minimum atomic E-state index is -0.323. The number of halogens is 1. The van der Waals surface area contributed by atoms with Crippen molar-refractivity contribution in [2.75, 3.05) is 27.2 Å². The number of nitrogens with zero attached hydrogens (tertiary/aromatic N) is 2. The molecule has 0 saturated carbocycles. The van der Waals surface area contributed by atoms with Gasteiger partial charge in [-0.25, -0.2) is 0 Å². The average Bonchev–Trinajstić information content (AvgIpc) is 2.64. The van der Waals surface area contributed by atoms with Crippen LogP contribution in [0.15, 0.2) is 23.9 Å². The van der Waals surface area contributed by atoms with E-state index in [0.29, 0.717) is 6.42 Å². The van der Waals surface area contributed by atoms with E-state index in [1.165, 1.54) is 0 Å². The monoisotopic (exact) mass is 255 g/mol. The molecular weight excluding hydrogens is 238 g/mol. The lowest BCUT2D eigenvalue weighted by Gasteiger charge is -2.30. The minimum Gasteiger partial charge on any atom is -0.307 e. The predicted octanol–water partition coefficient (Wildman–Crippen LogP) is 1.11. The molecule has 1 unspecified atom stereocenters. The Morgan fingerprint density at radius 1 is 1.59 bits per heavy atom. The summed E-state index contributed by atoms with van der Waals surface area (Å²) in [4.78, 5) is 12.9. The van der Waals surface area contributed by atoms with Crippen LogP contribution in [0.1, 0.15) is 12.8 Å². The van der Waals surface area contributed by atoms with Crippen molar-refractivity contribution < 1.29 is 4.79 Å². The van der Waals surface area contributed by atoms with Gasteiger partial charge in [0.15, 0.2) is 0 Å². The van der Waals surface area contributed by atoms with Crippen molar-refractivity contribution in [2.45, 2.75) is 17.7 Å². The number of carbonyl (C=O) groups is 1. The summed E-state index contributed by atoms with van der Waals surface area (Å²) in [5.74, 6) is 0.0790. The molecule has 1 saturated heterocycles. The molecule has 0 radical (unpaired) electrons. The molecule has 17 heavy (non-hydrogen) atoms. The quantitative estimate of drug-likeness (QED) is 0.768. The molecule has 4 nitrogen and oxygen atoms in total. The molecule has 0 aromatic carbocycles. The maximum absolute atomic E-state index is 11.1. The Labute approximate surface area is 107 Å². The Hall–Kier alpha value is -1.00. The third kappa shape index (κ3) is 3.01. The Morgan fingerprint density at radius 3 is 2.82 bits per heavy atom. The van der Waals surface area contributed by atoms with E-state index in [1.807, 2.05) is 31.3 Å². The van der Waals surface area contributed by atoms with Crippen LogP contribution in [-0.4, -0.2) is 47.9 Å². The highest BCUT2D eigenvalue weighted by Crippen LogP contribution is 2.29. The summed E-state index contributed by atoms with van der Waals surface area (Å²) in [6.45, 7) is 1.54. The first-order valence-electron chi connectivity index (χ1n) is 5.79. The predicted molar refractivity (Wildman–Crippen MR) is 68.4 cm³/mol. The first-order chi connectivity index (χ1) is 7.98. The van der Waals surface area contributed by atoms with E-state index in [0.717, 1.165) is 25.2 Å². The minimum absolute atomic E-state index is 0.0790. The summed E-state index contributed by atoms with van der Waals surface area (Å²) in [5, 5.41) is 1.88. The Kier molecular flexibility index (Phi) is 3.45. The zero-order valence-corrected chi connectivity index (χ0v) is 11.0. The second kappa shape index (κ2) is 4.70. The van der Waals surface area contributed by atoms with Crippen molar-refractivity contribution in [1.82, 2.24) is 15.3 Å². The normalized spacial score (nSPS) is 28.6. The molecule has 0 bridgehead atoms. The molecule has 1 heterocycles. The highest BCUT2D eigenvalue weighted by molar-refractivity contribution is 6.25. The first-order valence-corrected chi connectivity index (χ1v) is 6.16. The molecule has 1 N–H and O–H groups in total. The van der Waals surface area contributed by atoms with Gasteiger partial charge in [-0.05, 0) is 26.6 Å². The maximum atomic E-state index is 11.1. The summed E-state index contributed by atoms with van der Waals surface area (Å²) in [6, 6.07) is 0. The van der Waals surface area contributed by atoms with Gasteiger partial charge in [0.05, 0.1) is 10.6 Å². The third-order valence-corrected chi connectivity index (χ3v) is 3.32. The number of alkyl halides is 1. The largest absolute Gasteiger partial charge is 0.307 e. The number of nitrogens with one attached hydrogen (secondary N) is 1. The van der Waals surface area contributed by atoms with E-state index >= 15 is 0 Å². The van der Waals surface area contributed by atoms with E-state index in [2.05, 4.69) is 16.4 Å². The van der Waals surface area contributed by atoms with Crippen LogP contribution in [0, 0.1) is 0 Å². The third-order valence-electron chi connectivity index (χ3n) is 2.92. The highest BCUT2D eigenvalue weighted by Gasteiger charge is 2.28. The van der Waals surface area contributed by atoms with Gasteiger partial charge in [-0.2, -0.15) is 0 Å². The molecule has 2 rings (SSSR count). The van der Waals surface area contributed by atoms with E-state index in [1.54, 1.807) is 0 Å². The molecule has 0 aromatic heterocycles. The van der Waals surface area contributed by atoms with Gasteiger partial charge in [0.1, 0.15) is 0 Å². The van der Waals surface area contributed by atoms with E-state index in [-0.39, 0.29) is 10.8 Å². The number of rotatable bonds is 3. The molecule has 0 aromatic rings. The standard InChI is InChI=1S/C12H18ClN3O/c1-15(2)9-12(13)6-3-10(4-7-12)16-8-5-11(17)14-16/h3-4,6H,5,7-9H2,1-2H3,(H,14,17). The van der Waals surface area contributed by atoms with Gasteiger partial charge in [0.2, 0.25) is 5.91 Å². The summed E-state index contributed by atoms with van der Waals surface area (Å²) < 4.78 is 0. The van der Waals surface area contributed by atoms with E-state index in [9.17, 15) is 4.79 Å². The smallest absolute Gasteiger partial charge is 0.240 e. The zero-order chi connectivity index (χ0) is 12.5. The lowest BCUT2D eigenvalue weighted by Crippen LogP contribution is -2.37. The molecule has 1 fully saturated rings. The number of amides is 1. The van der Waals surface area contributed by atoms with Crippen molar-refractivity contribution in [2.24, 2.45) is 0 Å². The molecule has 5 heteroatoms. The van der Waals surface area contributed by atoms with Crippen molar-refractivity contribution in [3.63, 3.8) is 0 Å². The second-order valence-corrected chi connectivity index (χ2v) is 5.63. The molecule has 1 aliphatic carbocycles. The van der Waals surface area contributed by atoms with Crippen molar-refractivity contribution in [1.29, 1.82) is 0 Å². The van der Waals surface area contributed by atoms with Crippen LogP contribution < -0.4 is 5.43 Å². The van der Waals surface area contributed by atoms with Crippen LogP contribution in [0.25, 0.3) is 0 Å². The summed E-state index contributed by atoms with van der Waals surface area (Å²) in [7, 11) is 4.02. The fourth-order valence-corrected chi connectivity index (χ4v) is 2.54. The van der Waals surface area contributed by atoms with Crippen LogP contribution >= 0.6 is 11.6 Å². The Bertz CT molecular complexity index is 378. The Balaban J connectivity index is 1.98. The van der Waals surface area contributed by atoms with E-state index < -0.39 is 0 Å². The van der Waals surface area contributed by atoms with Gasteiger partial charge in [0, 0.05) is 19.5 Å². The molecule has 1 amide bonds. The van der Waals surface area contributed by atoms with Crippen LogP contribution in [0.4, 0.5) is 0 Å². The number of hydrogen-bond donors (Lipinski definition) is 1. The van der Waals surface area contributed by atoms with Crippen LogP contribution in [-0.2, 0) is 4.79 Å². The van der Waals surface area contributed by atoms with E-state index in [4.69, 9.17) is 11.6 Å². The highest BCUT2D eigenvalue weighted by atomic mass is 35.5. The van der Waals surface area contributed by atoms with Crippen molar-refractivity contribution in [3.8, 4) is 0 Å². The van der Waals surface area contributed by atoms with Crippen LogP contribution in [0.5, 0.6) is 0 Å². The first kappa shape index (κ1) is 12.5. The Morgan fingerprint density at radius 2 is 2.35 bits per heavy atom. The van der Waals surface area contributed by atoms with Crippen LogP contribution in [0.2, 0.25) is 0 Å². The molecule has 2 aliphatic rings. The molecule has 1 atom stereocenters. The lowest BCUT2D eigenvalue weighted by atomic mass is 9.97. The van der Waals surface area contributed by atoms with Gasteiger partial charge in [-0.1, -0.05) is 12.2 Å². The summed E-state index contributed by atoms with van der Waals surface area (Å²) in [6.07, 6.45) is 7.45. The maximum Gasteiger partial charge on any atom is 0.240 e. The van der Waals surface area contributed by atoms with Gasteiger partial charge < -0.3 is 4.90 Å². The average molecular weight is 256 g/mol. The lowest BCUT2D eigenvalue weighted by molar-refractivity contribution is -0.120. The fourth-order valence-electron chi connectivity index (χ4n) is 2.16. The van der Waals surface area contributed by atoms with Gasteiger partial charge in [-0.3, -0.25) is 15.2 Å². The molecule has 1 aliphatic heterocycles. The van der Waals surface area contributed by atoms with Gasteiger partial charge in [-0.15, -0.1) is 11.6 Å². The number of hydrogen-bond acceptors (Lipinski definition) is 3. The zero-order valence-electron chi connectivity index (χ0n) is 10.2. The SMILES string of the molecule is CN(C)CC1(Cl)C=CC(N2CCC(=O)N2)=CC1. The van der Waals surface area contributed by atoms with Crippen molar-refractivity contribution >= 4 is 17.5 Å². The number of carbonyl (C=O) groups excluding carboxylic acids is 1. The number of hydrazine groups is 1. The van der Waals surface area contributed by atoms with Gasteiger partial charge >= 0.3 is 0 Å². The van der Waals surface area contributed by atoms with Crippen LogP contribution in [0.3, 0.4) is 0 Å². The van der Waals surface area contributed by atoms with Gasteiger partial charge in [0.25, 0.3) is 0 Å². The molecule has 0 spiro atoms. The molecule has 94 valence electrons.